The fourth-order valence-corrected chi connectivity index (χ4v) is 3.12. The van der Waals surface area contributed by atoms with Crippen molar-refractivity contribution in [3.8, 4) is 0 Å². The molecule has 4 nitrogen and oxygen atoms in total. The summed E-state index contributed by atoms with van der Waals surface area (Å²) in [6.07, 6.45) is 5.09. The van der Waals surface area contributed by atoms with Crippen LogP contribution in [0.1, 0.15) is 18.3 Å². The number of benzene rings is 1. The van der Waals surface area contributed by atoms with E-state index in [1.807, 2.05) is 6.20 Å². The third-order valence-corrected chi connectivity index (χ3v) is 4.26. The van der Waals surface area contributed by atoms with Crippen LogP contribution in [0.15, 0.2) is 42.7 Å². The quantitative estimate of drug-likeness (QED) is 0.821. The summed E-state index contributed by atoms with van der Waals surface area (Å²) in [5.74, 6) is 1.71. The molecular weight excluding hydrogens is 274 g/mol. The van der Waals surface area contributed by atoms with Crippen molar-refractivity contribution in [1.29, 1.82) is 0 Å². The smallest absolute Gasteiger partial charge is 0.122 e. The van der Waals surface area contributed by atoms with Crippen LogP contribution >= 0.6 is 0 Å². The largest absolute Gasteiger partial charge is 0.381 e. The van der Waals surface area contributed by atoms with Crippen molar-refractivity contribution >= 4 is 0 Å². The van der Waals surface area contributed by atoms with Crippen LogP contribution in [0.2, 0.25) is 0 Å². The minimum absolute atomic E-state index is 0.533. The van der Waals surface area contributed by atoms with E-state index < -0.39 is 0 Å². The molecule has 2 heterocycles. The van der Waals surface area contributed by atoms with Crippen molar-refractivity contribution in [3.05, 3.63) is 54.1 Å². The van der Waals surface area contributed by atoms with E-state index in [4.69, 9.17) is 4.74 Å². The fraction of sp³-hybridized carbons (Fsp3) is 0.500. The lowest BCUT2D eigenvalue weighted by atomic mass is 10.1. The number of fused-ring (bicyclic) bond motifs is 1. The highest BCUT2D eigenvalue weighted by Crippen LogP contribution is 2.16. The van der Waals surface area contributed by atoms with Gasteiger partial charge in [-0.25, -0.2) is 4.98 Å². The van der Waals surface area contributed by atoms with Gasteiger partial charge in [-0.3, -0.25) is 4.90 Å². The van der Waals surface area contributed by atoms with E-state index in [2.05, 4.69) is 57.9 Å². The van der Waals surface area contributed by atoms with Crippen molar-refractivity contribution in [1.82, 2.24) is 14.5 Å². The monoisotopic (exact) mass is 299 g/mol. The molecule has 0 bridgehead atoms. The molecule has 0 saturated carbocycles. The Bertz CT molecular complexity index is 567. The minimum atomic E-state index is 0.533. The molecule has 0 amide bonds. The molecule has 1 atom stereocenters. The second-order valence-electron chi connectivity index (χ2n) is 5.99. The molecular formula is C18H25N3O. The van der Waals surface area contributed by atoms with E-state index in [9.17, 15) is 0 Å². The Hall–Kier alpha value is -1.65. The first-order chi connectivity index (χ1) is 10.8. The van der Waals surface area contributed by atoms with Crippen LogP contribution < -0.4 is 0 Å². The fourth-order valence-electron chi connectivity index (χ4n) is 3.12. The summed E-state index contributed by atoms with van der Waals surface area (Å²) in [5, 5.41) is 0. The third kappa shape index (κ3) is 3.96. The van der Waals surface area contributed by atoms with Crippen molar-refractivity contribution in [2.24, 2.45) is 5.92 Å². The van der Waals surface area contributed by atoms with Gasteiger partial charge in [0.2, 0.25) is 0 Å². The molecule has 0 unspecified atom stereocenters. The summed E-state index contributed by atoms with van der Waals surface area (Å²) in [5.41, 5.74) is 1.40. The van der Waals surface area contributed by atoms with Crippen molar-refractivity contribution in [2.75, 3.05) is 26.3 Å². The molecule has 3 rings (SSSR count). The molecule has 2 aromatic rings. The van der Waals surface area contributed by atoms with E-state index in [0.717, 1.165) is 45.8 Å². The highest BCUT2D eigenvalue weighted by atomic mass is 16.5. The maximum absolute atomic E-state index is 5.67. The van der Waals surface area contributed by atoms with Gasteiger partial charge in [-0.1, -0.05) is 30.3 Å². The van der Waals surface area contributed by atoms with Crippen molar-refractivity contribution in [3.63, 3.8) is 0 Å². The Kier molecular flexibility index (Phi) is 5.24. The highest BCUT2D eigenvalue weighted by Gasteiger charge is 2.22. The van der Waals surface area contributed by atoms with Crippen LogP contribution in [0, 0.1) is 5.92 Å². The van der Waals surface area contributed by atoms with E-state index >= 15 is 0 Å². The zero-order valence-electron chi connectivity index (χ0n) is 13.3. The topological polar surface area (TPSA) is 30.3 Å². The predicted molar refractivity (Wildman–Crippen MR) is 87.6 cm³/mol. The summed E-state index contributed by atoms with van der Waals surface area (Å²) in [4.78, 5) is 7.03. The molecule has 4 heteroatoms. The number of rotatable bonds is 6. The average Bonchev–Trinajstić information content (AvgIpc) is 2.91. The number of aromatic nitrogens is 2. The van der Waals surface area contributed by atoms with E-state index in [0.29, 0.717) is 5.92 Å². The molecule has 1 aromatic carbocycles. The number of nitrogens with zero attached hydrogens (tertiary/aromatic N) is 3. The second kappa shape index (κ2) is 7.56. The zero-order valence-corrected chi connectivity index (χ0v) is 13.3. The molecule has 0 fully saturated rings. The lowest BCUT2D eigenvalue weighted by Gasteiger charge is -2.23. The van der Waals surface area contributed by atoms with Gasteiger partial charge in [0, 0.05) is 44.6 Å². The van der Waals surface area contributed by atoms with Crippen LogP contribution in [0.25, 0.3) is 0 Å². The number of imidazole rings is 1. The van der Waals surface area contributed by atoms with Gasteiger partial charge in [0.05, 0.1) is 13.2 Å². The van der Waals surface area contributed by atoms with Gasteiger partial charge in [0.1, 0.15) is 5.82 Å². The molecule has 0 N–H and O–H groups in total. The molecule has 1 aliphatic rings. The standard InChI is InChI=1S/C18H25N3O/c1-2-22-15-17-12-20(10-8-16-6-4-3-5-7-16)14-18-19-9-11-21(18)13-17/h3-7,9,11,17H,2,8,10,12-15H2,1H3/t17-/m1/s1. The average molecular weight is 299 g/mol. The van der Waals surface area contributed by atoms with Crippen molar-refractivity contribution < 1.29 is 4.74 Å². The van der Waals surface area contributed by atoms with Gasteiger partial charge in [-0.05, 0) is 18.9 Å². The van der Waals surface area contributed by atoms with Crippen molar-refractivity contribution in [2.45, 2.75) is 26.4 Å². The lowest BCUT2D eigenvalue weighted by Crippen LogP contribution is -2.32. The SMILES string of the molecule is CCOC[C@@H]1CN(CCc2ccccc2)Cc2nccn2C1. The maximum Gasteiger partial charge on any atom is 0.122 e. The minimum Gasteiger partial charge on any atom is -0.381 e. The van der Waals surface area contributed by atoms with E-state index in [-0.39, 0.29) is 0 Å². The molecule has 1 aliphatic heterocycles. The first-order valence-corrected chi connectivity index (χ1v) is 8.19. The summed E-state index contributed by atoms with van der Waals surface area (Å²) in [6, 6.07) is 10.7. The summed E-state index contributed by atoms with van der Waals surface area (Å²) in [7, 11) is 0. The van der Waals surface area contributed by atoms with E-state index in [1.165, 1.54) is 11.4 Å². The summed E-state index contributed by atoms with van der Waals surface area (Å²) < 4.78 is 7.95. The normalized spacial score (nSPS) is 18.9. The van der Waals surface area contributed by atoms with Crippen LogP contribution in [0.4, 0.5) is 0 Å². The van der Waals surface area contributed by atoms with Gasteiger partial charge in [0.15, 0.2) is 0 Å². The predicted octanol–water partition coefficient (Wildman–Crippen LogP) is 2.59. The molecule has 0 aliphatic carbocycles. The molecule has 0 radical (unpaired) electrons. The molecule has 22 heavy (non-hydrogen) atoms. The lowest BCUT2D eigenvalue weighted by molar-refractivity contribution is 0.0869. The highest BCUT2D eigenvalue weighted by molar-refractivity contribution is 5.15. The van der Waals surface area contributed by atoms with Gasteiger partial charge in [0.25, 0.3) is 0 Å². The first kappa shape index (κ1) is 15.3. The van der Waals surface area contributed by atoms with Crippen LogP contribution in [-0.2, 0) is 24.2 Å². The second-order valence-corrected chi connectivity index (χ2v) is 5.99. The van der Waals surface area contributed by atoms with Crippen LogP contribution in [0.3, 0.4) is 0 Å². The maximum atomic E-state index is 5.67. The molecule has 0 spiro atoms. The Morgan fingerprint density at radius 1 is 1.23 bits per heavy atom. The van der Waals surface area contributed by atoms with Gasteiger partial charge < -0.3 is 9.30 Å². The Balaban J connectivity index is 1.64. The zero-order chi connectivity index (χ0) is 15.2. The van der Waals surface area contributed by atoms with Gasteiger partial charge in [-0.2, -0.15) is 0 Å². The van der Waals surface area contributed by atoms with Gasteiger partial charge >= 0.3 is 0 Å². The number of hydrogen-bond donors (Lipinski definition) is 0. The summed E-state index contributed by atoms with van der Waals surface area (Å²) in [6.45, 7) is 7.77. The van der Waals surface area contributed by atoms with Gasteiger partial charge in [-0.15, -0.1) is 0 Å². The number of ether oxygens (including phenoxy) is 1. The molecule has 0 saturated heterocycles. The third-order valence-electron chi connectivity index (χ3n) is 4.26. The molecule has 1 aromatic heterocycles. The Labute approximate surface area is 132 Å². The Morgan fingerprint density at radius 2 is 2.09 bits per heavy atom. The van der Waals surface area contributed by atoms with Crippen LogP contribution in [-0.4, -0.2) is 40.8 Å². The van der Waals surface area contributed by atoms with E-state index in [1.54, 1.807) is 0 Å². The first-order valence-electron chi connectivity index (χ1n) is 8.19. The summed E-state index contributed by atoms with van der Waals surface area (Å²) >= 11 is 0. The molecule has 118 valence electrons. The van der Waals surface area contributed by atoms with Crippen LogP contribution in [0.5, 0.6) is 0 Å². The Morgan fingerprint density at radius 3 is 2.91 bits per heavy atom. The number of hydrogen-bond acceptors (Lipinski definition) is 3.